The minimum Gasteiger partial charge on any atom is -0.387 e. The van der Waals surface area contributed by atoms with Gasteiger partial charge in [0.2, 0.25) is 0 Å². The van der Waals surface area contributed by atoms with Crippen molar-refractivity contribution in [2.24, 2.45) is 11.3 Å². The zero-order valence-electron chi connectivity index (χ0n) is 13.9. The van der Waals surface area contributed by atoms with E-state index in [1.807, 2.05) is 26.8 Å². The molecule has 0 saturated carbocycles. The summed E-state index contributed by atoms with van der Waals surface area (Å²) in [4.78, 5) is 0. The van der Waals surface area contributed by atoms with Crippen molar-refractivity contribution in [2.75, 3.05) is 0 Å². The lowest BCUT2D eigenvalue weighted by molar-refractivity contribution is -0.142. The van der Waals surface area contributed by atoms with E-state index in [-0.39, 0.29) is 11.5 Å². The highest BCUT2D eigenvalue weighted by Crippen LogP contribution is 2.55. The summed E-state index contributed by atoms with van der Waals surface area (Å²) in [5, 5.41) is 24.1. The number of halogens is 3. The molecule has 3 rings (SSSR count). The molecule has 0 aromatic carbocycles. The van der Waals surface area contributed by atoms with Crippen molar-refractivity contribution < 1.29 is 18.3 Å². The zero-order valence-corrected chi connectivity index (χ0v) is 13.9. The summed E-state index contributed by atoms with van der Waals surface area (Å²) in [6.45, 7) is 4.60. The van der Waals surface area contributed by atoms with Crippen molar-refractivity contribution in [1.82, 2.24) is 9.78 Å². The van der Waals surface area contributed by atoms with Gasteiger partial charge in [0.15, 0.2) is 0 Å². The lowest BCUT2D eigenvalue weighted by Gasteiger charge is -2.52. The number of allylic oxidation sites excluding steroid dienone is 1. The highest BCUT2D eigenvalue weighted by atomic mass is 19.4. The fourth-order valence-electron chi connectivity index (χ4n) is 4.53. The smallest absolute Gasteiger partial charge is 0.387 e. The van der Waals surface area contributed by atoms with Crippen molar-refractivity contribution >= 4 is 0 Å². The summed E-state index contributed by atoms with van der Waals surface area (Å²) in [6, 6.07) is 2.04. The van der Waals surface area contributed by atoms with Crippen molar-refractivity contribution in [2.45, 2.75) is 57.9 Å². The number of nitriles is 1. The van der Waals surface area contributed by atoms with Crippen LogP contribution < -0.4 is 0 Å². The minimum absolute atomic E-state index is 0.00108. The molecule has 1 aromatic rings. The topological polar surface area (TPSA) is 61.8 Å². The fraction of sp³-hybridized carbons (Fsp3) is 0.647. The molecule has 0 saturated heterocycles. The predicted molar refractivity (Wildman–Crippen MR) is 80.9 cm³/mol. The predicted octanol–water partition coefficient (Wildman–Crippen LogP) is 3.12. The van der Waals surface area contributed by atoms with Crippen LogP contribution in [0.15, 0.2) is 17.8 Å². The average molecular weight is 339 g/mol. The summed E-state index contributed by atoms with van der Waals surface area (Å²) < 4.78 is 39.0. The van der Waals surface area contributed by atoms with Gasteiger partial charge in [-0.15, -0.1) is 0 Å². The molecule has 3 atom stereocenters. The van der Waals surface area contributed by atoms with Crippen molar-refractivity contribution in [3.63, 3.8) is 0 Å². The quantitative estimate of drug-likeness (QED) is 0.855. The first-order valence-corrected chi connectivity index (χ1v) is 7.93. The molecule has 2 aliphatic rings. The van der Waals surface area contributed by atoms with Crippen molar-refractivity contribution in [3.05, 3.63) is 29.1 Å². The molecule has 130 valence electrons. The first kappa shape index (κ1) is 17.0. The number of fused-ring (bicyclic) bond motifs is 3. The van der Waals surface area contributed by atoms with Crippen LogP contribution in [0.1, 0.15) is 38.4 Å². The van der Waals surface area contributed by atoms with Gasteiger partial charge in [0.1, 0.15) is 6.54 Å². The summed E-state index contributed by atoms with van der Waals surface area (Å²) in [5.74, 6) is -0.00108. The van der Waals surface area contributed by atoms with Crippen LogP contribution in [0, 0.1) is 22.7 Å². The van der Waals surface area contributed by atoms with E-state index < -0.39 is 29.7 Å². The maximum absolute atomic E-state index is 12.7. The van der Waals surface area contributed by atoms with Gasteiger partial charge < -0.3 is 5.11 Å². The minimum atomic E-state index is -4.33. The maximum atomic E-state index is 12.7. The molecule has 24 heavy (non-hydrogen) atoms. The molecule has 0 bridgehead atoms. The van der Waals surface area contributed by atoms with Crippen LogP contribution in [-0.4, -0.2) is 27.2 Å². The molecule has 4 nitrogen and oxygen atoms in total. The summed E-state index contributed by atoms with van der Waals surface area (Å²) in [7, 11) is 0. The van der Waals surface area contributed by atoms with Crippen LogP contribution in [0.2, 0.25) is 0 Å². The summed E-state index contributed by atoms with van der Waals surface area (Å²) in [5.41, 5.74) is 0.435. The Balaban J connectivity index is 2.12. The lowest BCUT2D eigenvalue weighted by atomic mass is 9.52. The van der Waals surface area contributed by atoms with Crippen LogP contribution in [0.3, 0.4) is 0 Å². The highest BCUT2D eigenvalue weighted by Gasteiger charge is 2.54. The first-order chi connectivity index (χ1) is 11.0. The van der Waals surface area contributed by atoms with Gasteiger partial charge in [0.05, 0.1) is 23.4 Å². The Morgan fingerprint density at radius 2 is 2.08 bits per heavy atom. The van der Waals surface area contributed by atoms with Crippen molar-refractivity contribution in [1.29, 1.82) is 5.26 Å². The molecule has 0 radical (unpaired) electrons. The third-order valence-electron chi connectivity index (χ3n) is 5.60. The number of aliphatic hydroxyl groups is 1. The Morgan fingerprint density at radius 3 is 2.67 bits per heavy atom. The SMILES string of the molecule is CC1(C)C(O)C(C#N)=C[C@]2(C)c3nn(CC(F)(F)F)cc3CC[C@@H]12. The molecule has 1 heterocycles. The molecule has 0 aliphatic heterocycles. The molecular formula is C17H20F3N3O. The van der Waals surface area contributed by atoms with Gasteiger partial charge >= 0.3 is 6.18 Å². The largest absolute Gasteiger partial charge is 0.408 e. The Hall–Kier alpha value is -1.81. The Labute approximate surface area is 138 Å². The Morgan fingerprint density at radius 1 is 1.42 bits per heavy atom. The second-order valence-electron chi connectivity index (χ2n) is 7.63. The van der Waals surface area contributed by atoms with Gasteiger partial charge in [-0.3, -0.25) is 4.68 Å². The average Bonchev–Trinajstić information content (AvgIpc) is 2.84. The van der Waals surface area contributed by atoms with Crippen LogP contribution >= 0.6 is 0 Å². The Bertz CT molecular complexity index is 741. The highest BCUT2D eigenvalue weighted by molar-refractivity contribution is 5.44. The van der Waals surface area contributed by atoms with E-state index in [4.69, 9.17) is 0 Å². The van der Waals surface area contributed by atoms with Crippen LogP contribution in [0.25, 0.3) is 0 Å². The third kappa shape index (κ3) is 2.44. The van der Waals surface area contributed by atoms with Gasteiger partial charge in [0.25, 0.3) is 0 Å². The van der Waals surface area contributed by atoms with Gasteiger partial charge in [-0.1, -0.05) is 26.8 Å². The summed E-state index contributed by atoms with van der Waals surface area (Å²) >= 11 is 0. The number of aliphatic hydroxyl groups excluding tert-OH is 1. The van der Waals surface area contributed by atoms with E-state index in [0.29, 0.717) is 12.1 Å². The molecule has 7 heteroatoms. The van der Waals surface area contributed by atoms with Gasteiger partial charge in [-0.2, -0.15) is 23.5 Å². The molecule has 1 N–H and O–H groups in total. The van der Waals surface area contributed by atoms with Crippen LogP contribution in [0.4, 0.5) is 13.2 Å². The molecule has 1 aromatic heterocycles. The standard InChI is InChI=1S/C17H20F3N3O/c1-15(2)12-5-4-10-8-23(9-17(18,19)20)22-13(10)16(12,3)6-11(7-21)14(15)24/h6,8,12,14,24H,4-5,9H2,1-3H3/t12-,14?,16-/m0/s1. The van der Waals surface area contributed by atoms with E-state index in [1.54, 1.807) is 6.08 Å². The zero-order chi connectivity index (χ0) is 17.9. The maximum Gasteiger partial charge on any atom is 0.408 e. The number of nitrogens with zero attached hydrogens (tertiary/aromatic N) is 3. The molecule has 0 fully saturated rings. The second kappa shape index (κ2) is 5.09. The molecule has 1 unspecified atom stereocenters. The molecule has 2 aliphatic carbocycles. The van der Waals surface area contributed by atoms with Crippen molar-refractivity contribution in [3.8, 4) is 6.07 Å². The third-order valence-corrected chi connectivity index (χ3v) is 5.60. The van der Waals surface area contributed by atoms with Crippen LogP contribution in [0.5, 0.6) is 0 Å². The number of rotatable bonds is 1. The molecule has 0 spiro atoms. The van der Waals surface area contributed by atoms with E-state index in [1.165, 1.54) is 6.20 Å². The number of alkyl halides is 3. The van der Waals surface area contributed by atoms with E-state index in [0.717, 1.165) is 16.7 Å². The van der Waals surface area contributed by atoms with Gasteiger partial charge in [-0.25, -0.2) is 0 Å². The molecule has 0 amide bonds. The number of hydrogen-bond donors (Lipinski definition) is 1. The van der Waals surface area contributed by atoms with E-state index in [9.17, 15) is 23.5 Å². The molecular weight excluding hydrogens is 319 g/mol. The monoisotopic (exact) mass is 339 g/mol. The second-order valence-corrected chi connectivity index (χ2v) is 7.63. The number of aromatic nitrogens is 2. The summed E-state index contributed by atoms with van der Waals surface area (Å²) in [6.07, 6.45) is -0.678. The number of aryl methyl sites for hydroxylation is 1. The van der Waals surface area contributed by atoms with Gasteiger partial charge in [-0.05, 0) is 29.7 Å². The first-order valence-electron chi connectivity index (χ1n) is 7.93. The fourth-order valence-corrected chi connectivity index (χ4v) is 4.53. The normalized spacial score (nSPS) is 31.7. The lowest BCUT2D eigenvalue weighted by Crippen LogP contribution is -2.52. The van der Waals surface area contributed by atoms with Crippen LogP contribution in [-0.2, 0) is 18.4 Å². The Kier molecular flexibility index (Phi) is 3.61. The van der Waals surface area contributed by atoms with E-state index >= 15 is 0 Å². The van der Waals surface area contributed by atoms with E-state index in [2.05, 4.69) is 5.10 Å². The van der Waals surface area contributed by atoms with Gasteiger partial charge in [0, 0.05) is 11.6 Å². The number of hydrogen-bond acceptors (Lipinski definition) is 3.